The fourth-order valence-electron chi connectivity index (χ4n) is 3.49. The molecule has 0 bridgehead atoms. The maximum absolute atomic E-state index is 12.4. The number of rotatable bonds is 8. The molecule has 0 amide bonds. The van der Waals surface area contributed by atoms with Gasteiger partial charge in [-0.1, -0.05) is 76.6 Å². The molecule has 174 valence electrons. The van der Waals surface area contributed by atoms with Gasteiger partial charge in [0, 0.05) is 23.0 Å². The SMILES string of the molecule is COc1nc(-c2ccc(CC(C)C)cc2)nc(-c2cc(CCC(=O)C(C)(C)C)ccc2Cl)n1. The molecule has 6 heteroatoms. The Morgan fingerprint density at radius 3 is 2.21 bits per heavy atom. The predicted molar refractivity (Wildman–Crippen MR) is 134 cm³/mol. The Kier molecular flexibility index (Phi) is 7.85. The second-order valence-corrected chi connectivity index (χ2v) is 10.2. The van der Waals surface area contributed by atoms with Crippen molar-refractivity contribution in [3.8, 4) is 28.8 Å². The van der Waals surface area contributed by atoms with Crippen LogP contribution in [0.4, 0.5) is 0 Å². The van der Waals surface area contributed by atoms with E-state index in [4.69, 9.17) is 21.3 Å². The number of carbonyl (C=O) groups is 1. The highest BCUT2D eigenvalue weighted by Crippen LogP contribution is 2.30. The van der Waals surface area contributed by atoms with Crippen LogP contribution >= 0.6 is 11.6 Å². The van der Waals surface area contributed by atoms with Crippen molar-refractivity contribution in [2.24, 2.45) is 11.3 Å². The highest BCUT2D eigenvalue weighted by Gasteiger charge is 2.21. The molecule has 2 aromatic carbocycles. The van der Waals surface area contributed by atoms with Crippen molar-refractivity contribution in [3.63, 3.8) is 0 Å². The van der Waals surface area contributed by atoms with Crippen LogP contribution in [0.1, 0.15) is 52.2 Å². The quantitative estimate of drug-likeness (QED) is 0.374. The number of ketones is 1. The van der Waals surface area contributed by atoms with Crippen LogP contribution in [0.5, 0.6) is 6.01 Å². The average Bonchev–Trinajstić information content (AvgIpc) is 2.77. The van der Waals surface area contributed by atoms with Crippen molar-refractivity contribution in [3.05, 3.63) is 58.6 Å². The summed E-state index contributed by atoms with van der Waals surface area (Å²) in [6, 6.07) is 14.2. The first-order valence-corrected chi connectivity index (χ1v) is 11.7. The Bertz CT molecular complexity index is 1120. The first-order valence-electron chi connectivity index (χ1n) is 11.3. The standard InChI is InChI=1S/C27H32ClN3O2/c1-17(2)15-18-7-11-20(12-8-18)24-29-25(31-26(30-24)33-6)21-16-19(9-13-22(21)28)10-14-23(32)27(3,4)5/h7-9,11-13,16-17H,10,14-15H2,1-6H3. The largest absolute Gasteiger partial charge is 0.467 e. The predicted octanol–water partition coefficient (Wildman–Crippen LogP) is 6.61. The van der Waals surface area contributed by atoms with Crippen LogP contribution in [0.15, 0.2) is 42.5 Å². The molecule has 0 spiro atoms. The van der Waals surface area contributed by atoms with E-state index in [-0.39, 0.29) is 17.2 Å². The van der Waals surface area contributed by atoms with Gasteiger partial charge in [-0.25, -0.2) is 4.98 Å². The molecule has 5 nitrogen and oxygen atoms in total. The number of halogens is 1. The van der Waals surface area contributed by atoms with E-state index in [1.807, 2.05) is 51.1 Å². The van der Waals surface area contributed by atoms with Crippen molar-refractivity contribution in [2.45, 2.75) is 53.9 Å². The Balaban J connectivity index is 1.93. The molecule has 1 aromatic heterocycles. The minimum Gasteiger partial charge on any atom is -0.467 e. The molecule has 0 N–H and O–H groups in total. The number of hydrogen-bond acceptors (Lipinski definition) is 5. The van der Waals surface area contributed by atoms with Gasteiger partial charge in [0.1, 0.15) is 5.78 Å². The van der Waals surface area contributed by atoms with Crippen molar-refractivity contribution >= 4 is 17.4 Å². The summed E-state index contributed by atoms with van der Waals surface area (Å²) in [4.78, 5) is 25.9. The van der Waals surface area contributed by atoms with Gasteiger partial charge in [0.15, 0.2) is 11.6 Å². The zero-order valence-electron chi connectivity index (χ0n) is 20.3. The number of aromatic nitrogens is 3. The van der Waals surface area contributed by atoms with Gasteiger partial charge in [-0.05, 0) is 42.0 Å². The number of benzene rings is 2. The summed E-state index contributed by atoms with van der Waals surface area (Å²) >= 11 is 6.52. The number of ether oxygens (including phenoxy) is 1. The summed E-state index contributed by atoms with van der Waals surface area (Å²) in [6.07, 6.45) is 2.12. The van der Waals surface area contributed by atoms with E-state index < -0.39 is 0 Å². The van der Waals surface area contributed by atoms with Crippen molar-refractivity contribution in [2.75, 3.05) is 7.11 Å². The van der Waals surface area contributed by atoms with E-state index in [9.17, 15) is 4.79 Å². The Morgan fingerprint density at radius 2 is 1.61 bits per heavy atom. The van der Waals surface area contributed by atoms with Gasteiger partial charge in [0.2, 0.25) is 0 Å². The van der Waals surface area contributed by atoms with E-state index in [0.29, 0.717) is 41.0 Å². The lowest BCUT2D eigenvalue weighted by Gasteiger charge is -2.16. The lowest BCUT2D eigenvalue weighted by molar-refractivity contribution is -0.126. The third kappa shape index (κ3) is 6.61. The van der Waals surface area contributed by atoms with Crippen LogP contribution in [0.25, 0.3) is 22.8 Å². The van der Waals surface area contributed by atoms with Gasteiger partial charge >= 0.3 is 6.01 Å². The van der Waals surface area contributed by atoms with Crippen LogP contribution < -0.4 is 4.74 Å². The molecular formula is C27H32ClN3O2. The smallest absolute Gasteiger partial charge is 0.320 e. The van der Waals surface area contributed by atoms with Crippen molar-refractivity contribution in [1.82, 2.24) is 15.0 Å². The topological polar surface area (TPSA) is 65.0 Å². The van der Waals surface area contributed by atoms with Crippen LogP contribution in [0.2, 0.25) is 5.02 Å². The summed E-state index contributed by atoms with van der Waals surface area (Å²) in [6.45, 7) is 10.2. The first kappa shape index (κ1) is 24.8. The summed E-state index contributed by atoms with van der Waals surface area (Å²) < 4.78 is 5.35. The molecule has 0 unspecified atom stereocenters. The van der Waals surface area contributed by atoms with Crippen LogP contribution in [0.3, 0.4) is 0 Å². The molecule has 0 aliphatic rings. The number of aryl methyl sites for hydroxylation is 1. The normalized spacial score (nSPS) is 11.6. The lowest BCUT2D eigenvalue weighted by Crippen LogP contribution is -2.20. The van der Waals surface area contributed by atoms with Gasteiger partial charge in [-0.2, -0.15) is 9.97 Å². The fraction of sp³-hybridized carbons (Fsp3) is 0.407. The molecule has 0 saturated heterocycles. The second-order valence-electron chi connectivity index (χ2n) is 9.75. The maximum atomic E-state index is 12.4. The molecule has 33 heavy (non-hydrogen) atoms. The van der Waals surface area contributed by atoms with Gasteiger partial charge in [-0.15, -0.1) is 0 Å². The molecule has 0 aliphatic heterocycles. The third-order valence-corrected chi connectivity index (χ3v) is 5.73. The van der Waals surface area contributed by atoms with E-state index in [0.717, 1.165) is 17.5 Å². The zero-order valence-corrected chi connectivity index (χ0v) is 21.0. The van der Waals surface area contributed by atoms with Gasteiger partial charge in [-0.3, -0.25) is 4.79 Å². The Hall–Kier alpha value is -2.79. The highest BCUT2D eigenvalue weighted by molar-refractivity contribution is 6.33. The summed E-state index contributed by atoms with van der Waals surface area (Å²) in [5.41, 5.74) is 3.50. The van der Waals surface area contributed by atoms with E-state index >= 15 is 0 Å². The lowest BCUT2D eigenvalue weighted by atomic mass is 9.87. The molecule has 0 atom stereocenters. The fourth-order valence-corrected chi connectivity index (χ4v) is 3.69. The Morgan fingerprint density at radius 1 is 0.970 bits per heavy atom. The molecule has 3 rings (SSSR count). The van der Waals surface area contributed by atoms with Crippen LogP contribution in [-0.2, 0) is 17.6 Å². The third-order valence-electron chi connectivity index (χ3n) is 5.40. The summed E-state index contributed by atoms with van der Waals surface area (Å²) in [5, 5.41) is 0.535. The Labute approximate surface area is 201 Å². The highest BCUT2D eigenvalue weighted by atomic mass is 35.5. The number of methoxy groups -OCH3 is 1. The van der Waals surface area contributed by atoms with Crippen LogP contribution in [0, 0.1) is 11.3 Å². The van der Waals surface area contributed by atoms with Crippen LogP contribution in [-0.4, -0.2) is 27.8 Å². The average molecular weight is 466 g/mol. The first-order chi connectivity index (χ1) is 15.6. The summed E-state index contributed by atoms with van der Waals surface area (Å²) in [7, 11) is 1.53. The van der Waals surface area contributed by atoms with Gasteiger partial charge < -0.3 is 4.74 Å². The van der Waals surface area contributed by atoms with E-state index in [1.54, 1.807) is 0 Å². The minimum atomic E-state index is -0.351. The van der Waals surface area contributed by atoms with E-state index in [2.05, 4.69) is 35.9 Å². The number of nitrogens with zero attached hydrogens (tertiary/aromatic N) is 3. The molecule has 0 aliphatic carbocycles. The molecule has 1 heterocycles. The van der Waals surface area contributed by atoms with Gasteiger partial charge in [0.25, 0.3) is 0 Å². The second kappa shape index (κ2) is 10.4. The minimum absolute atomic E-state index is 0.226. The molecule has 3 aromatic rings. The molecular weight excluding hydrogens is 434 g/mol. The van der Waals surface area contributed by atoms with Gasteiger partial charge in [0.05, 0.1) is 12.1 Å². The van der Waals surface area contributed by atoms with E-state index in [1.165, 1.54) is 12.7 Å². The maximum Gasteiger partial charge on any atom is 0.320 e. The number of carbonyl (C=O) groups excluding carboxylic acids is 1. The summed E-state index contributed by atoms with van der Waals surface area (Å²) in [5.74, 6) is 1.78. The number of Topliss-reactive ketones (excluding diaryl/α,β-unsaturated/α-hetero) is 1. The zero-order chi connectivity index (χ0) is 24.2. The molecule has 0 radical (unpaired) electrons. The number of hydrogen-bond donors (Lipinski definition) is 0. The monoisotopic (exact) mass is 465 g/mol. The molecule has 0 saturated carbocycles. The van der Waals surface area contributed by atoms with Crippen molar-refractivity contribution in [1.29, 1.82) is 0 Å². The molecule has 0 fully saturated rings. The van der Waals surface area contributed by atoms with Crippen molar-refractivity contribution < 1.29 is 9.53 Å².